The molecule has 1 amide bonds. The number of rotatable bonds is 6. The Kier molecular flexibility index (Phi) is 12.4. The highest BCUT2D eigenvalue weighted by atomic mass is 127. The van der Waals surface area contributed by atoms with Crippen LogP contribution in [0.25, 0.3) is 0 Å². The highest BCUT2D eigenvalue weighted by Gasteiger charge is 2.27. The normalized spacial score (nSPS) is 21.2. The lowest BCUT2D eigenvalue weighted by molar-refractivity contribution is 0.0162. The maximum atomic E-state index is 12.4. The summed E-state index contributed by atoms with van der Waals surface area (Å²) in [5.74, 6) is 1.51. The molecule has 0 aromatic heterocycles. The Bertz CT molecular complexity index is 531. The average molecular weight is 539 g/mol. The predicted molar refractivity (Wildman–Crippen MR) is 133 cm³/mol. The number of piperidine rings is 2. The van der Waals surface area contributed by atoms with Crippen molar-refractivity contribution in [1.82, 2.24) is 15.1 Å². The van der Waals surface area contributed by atoms with E-state index in [4.69, 9.17) is 14.5 Å². The van der Waals surface area contributed by atoms with Crippen molar-refractivity contribution in [2.45, 2.75) is 78.4 Å². The molecule has 8 heteroatoms. The number of nitrogens with one attached hydrogen (secondary N) is 1. The number of halogens is 1. The second-order valence-corrected chi connectivity index (χ2v) is 9.10. The summed E-state index contributed by atoms with van der Waals surface area (Å²) >= 11 is 0. The fourth-order valence-corrected chi connectivity index (χ4v) is 4.04. The summed E-state index contributed by atoms with van der Waals surface area (Å²) in [6, 6.07) is 0. The van der Waals surface area contributed by atoms with Gasteiger partial charge >= 0.3 is 6.09 Å². The van der Waals surface area contributed by atoms with Crippen LogP contribution >= 0.6 is 24.0 Å². The van der Waals surface area contributed by atoms with Crippen molar-refractivity contribution in [2.75, 3.05) is 45.9 Å². The van der Waals surface area contributed by atoms with Gasteiger partial charge in [-0.1, -0.05) is 0 Å². The molecule has 0 radical (unpaired) electrons. The number of nitrogens with zero attached hydrogens (tertiary/aromatic N) is 3. The number of guanidine groups is 1. The van der Waals surface area contributed by atoms with Crippen molar-refractivity contribution < 1.29 is 14.3 Å². The number of carbonyl (C=O) groups excluding carboxylic acids is 1. The van der Waals surface area contributed by atoms with Gasteiger partial charge in [0.2, 0.25) is 0 Å². The SMILES string of the molecule is CCNC(=NCCC1CCCN(C(=O)OC(C)(C)C)C1)N1CCC(OCC)CC1.I. The van der Waals surface area contributed by atoms with Crippen molar-refractivity contribution in [3.05, 3.63) is 0 Å². The molecule has 176 valence electrons. The third-order valence-corrected chi connectivity index (χ3v) is 5.45. The Morgan fingerprint density at radius 1 is 1.10 bits per heavy atom. The Hall–Kier alpha value is -0.770. The molecule has 1 N–H and O–H groups in total. The second kappa shape index (κ2) is 13.6. The van der Waals surface area contributed by atoms with Crippen LogP contribution in [-0.4, -0.2) is 79.4 Å². The molecule has 0 saturated carbocycles. The van der Waals surface area contributed by atoms with Crippen LogP contribution in [0, 0.1) is 5.92 Å². The van der Waals surface area contributed by atoms with Crippen molar-refractivity contribution in [3.63, 3.8) is 0 Å². The molecular formula is C22H43IN4O3. The van der Waals surface area contributed by atoms with E-state index in [0.29, 0.717) is 12.0 Å². The Morgan fingerprint density at radius 3 is 2.40 bits per heavy atom. The van der Waals surface area contributed by atoms with Crippen molar-refractivity contribution >= 4 is 36.0 Å². The Balaban J connectivity index is 0.00000450. The third kappa shape index (κ3) is 9.58. The second-order valence-electron chi connectivity index (χ2n) is 9.10. The van der Waals surface area contributed by atoms with Crippen LogP contribution in [0.4, 0.5) is 4.79 Å². The summed E-state index contributed by atoms with van der Waals surface area (Å²) < 4.78 is 11.3. The van der Waals surface area contributed by atoms with Gasteiger partial charge in [-0.05, 0) is 72.6 Å². The zero-order chi connectivity index (χ0) is 21.3. The molecular weight excluding hydrogens is 495 g/mol. The number of likely N-dealkylation sites (tertiary alicyclic amines) is 2. The van der Waals surface area contributed by atoms with Crippen LogP contribution in [0.15, 0.2) is 4.99 Å². The van der Waals surface area contributed by atoms with Crippen LogP contribution in [0.5, 0.6) is 0 Å². The molecule has 0 aromatic carbocycles. The Morgan fingerprint density at radius 2 is 1.80 bits per heavy atom. The molecule has 2 heterocycles. The van der Waals surface area contributed by atoms with E-state index in [9.17, 15) is 4.79 Å². The third-order valence-electron chi connectivity index (χ3n) is 5.45. The summed E-state index contributed by atoms with van der Waals surface area (Å²) in [5.41, 5.74) is -0.440. The summed E-state index contributed by atoms with van der Waals surface area (Å²) in [6.45, 7) is 15.9. The molecule has 1 atom stereocenters. The van der Waals surface area contributed by atoms with E-state index >= 15 is 0 Å². The fourth-order valence-electron chi connectivity index (χ4n) is 4.04. The average Bonchev–Trinajstić information content (AvgIpc) is 2.67. The standard InChI is InChI=1S/C22H42N4O3.HI/c1-6-23-20(25-15-11-19(12-16-25)28-7-2)24-13-10-18-9-8-14-26(17-18)21(27)29-22(3,4)5;/h18-19H,6-17H2,1-5H3,(H,23,24);1H. The van der Waals surface area contributed by atoms with E-state index in [0.717, 1.165) is 83.9 Å². The van der Waals surface area contributed by atoms with Crippen molar-refractivity contribution in [1.29, 1.82) is 0 Å². The first-order valence-corrected chi connectivity index (χ1v) is 11.4. The van der Waals surface area contributed by atoms with Gasteiger partial charge in [-0.25, -0.2) is 4.79 Å². The molecule has 7 nitrogen and oxygen atoms in total. The van der Waals surface area contributed by atoms with Crippen molar-refractivity contribution in [3.8, 4) is 0 Å². The van der Waals surface area contributed by atoms with Gasteiger partial charge in [-0.15, -0.1) is 24.0 Å². The van der Waals surface area contributed by atoms with E-state index < -0.39 is 5.60 Å². The lowest BCUT2D eigenvalue weighted by Crippen LogP contribution is -2.47. The van der Waals surface area contributed by atoms with Gasteiger partial charge in [-0.3, -0.25) is 4.99 Å². The van der Waals surface area contributed by atoms with Gasteiger partial charge < -0.3 is 24.6 Å². The number of ether oxygens (including phenoxy) is 2. The van der Waals surface area contributed by atoms with Crippen LogP contribution in [0.3, 0.4) is 0 Å². The quantitative estimate of drug-likeness (QED) is 0.313. The number of carbonyl (C=O) groups is 1. The number of hydrogen-bond acceptors (Lipinski definition) is 4. The van der Waals surface area contributed by atoms with Crippen LogP contribution < -0.4 is 5.32 Å². The van der Waals surface area contributed by atoms with Gasteiger partial charge in [0, 0.05) is 45.9 Å². The summed E-state index contributed by atoms with van der Waals surface area (Å²) in [5, 5.41) is 3.44. The molecule has 2 aliphatic rings. The van der Waals surface area contributed by atoms with Crippen LogP contribution in [-0.2, 0) is 9.47 Å². The largest absolute Gasteiger partial charge is 0.444 e. The summed E-state index contributed by atoms with van der Waals surface area (Å²) in [7, 11) is 0. The Labute approximate surface area is 200 Å². The molecule has 30 heavy (non-hydrogen) atoms. The van der Waals surface area contributed by atoms with Gasteiger partial charge in [0.05, 0.1) is 6.10 Å². The first-order chi connectivity index (χ1) is 13.8. The molecule has 0 bridgehead atoms. The predicted octanol–water partition coefficient (Wildman–Crippen LogP) is 4.11. The highest BCUT2D eigenvalue weighted by Crippen LogP contribution is 2.22. The van der Waals surface area contributed by atoms with E-state index in [1.54, 1.807) is 0 Å². The first kappa shape index (κ1) is 27.3. The minimum Gasteiger partial charge on any atom is -0.444 e. The number of amides is 1. The molecule has 0 aromatic rings. The van der Waals surface area contributed by atoms with E-state index in [1.807, 2.05) is 25.7 Å². The summed E-state index contributed by atoms with van der Waals surface area (Å²) in [4.78, 5) is 21.5. The maximum absolute atomic E-state index is 12.4. The van der Waals surface area contributed by atoms with E-state index in [-0.39, 0.29) is 30.1 Å². The molecule has 2 aliphatic heterocycles. The number of aliphatic imine (C=N–C) groups is 1. The summed E-state index contributed by atoms with van der Waals surface area (Å²) in [6.07, 6.45) is 5.53. The molecule has 2 saturated heterocycles. The van der Waals surface area contributed by atoms with E-state index in [1.165, 1.54) is 0 Å². The zero-order valence-corrected chi connectivity index (χ0v) is 21.9. The number of hydrogen-bond donors (Lipinski definition) is 1. The molecule has 1 unspecified atom stereocenters. The molecule has 2 fully saturated rings. The smallest absolute Gasteiger partial charge is 0.410 e. The minimum absolute atomic E-state index is 0. The highest BCUT2D eigenvalue weighted by molar-refractivity contribution is 14.0. The zero-order valence-electron chi connectivity index (χ0n) is 19.6. The molecule has 0 spiro atoms. The van der Waals surface area contributed by atoms with Crippen LogP contribution in [0.1, 0.15) is 66.7 Å². The van der Waals surface area contributed by atoms with Gasteiger partial charge in [0.15, 0.2) is 5.96 Å². The maximum Gasteiger partial charge on any atom is 0.410 e. The van der Waals surface area contributed by atoms with E-state index in [2.05, 4.69) is 24.1 Å². The molecule has 2 rings (SSSR count). The van der Waals surface area contributed by atoms with Gasteiger partial charge in [0.25, 0.3) is 0 Å². The fraction of sp³-hybridized carbons (Fsp3) is 0.909. The molecule has 0 aliphatic carbocycles. The minimum atomic E-state index is -0.440. The van der Waals surface area contributed by atoms with Gasteiger partial charge in [0.1, 0.15) is 5.60 Å². The first-order valence-electron chi connectivity index (χ1n) is 11.4. The van der Waals surface area contributed by atoms with Crippen molar-refractivity contribution in [2.24, 2.45) is 10.9 Å². The topological polar surface area (TPSA) is 66.4 Å². The lowest BCUT2D eigenvalue weighted by Gasteiger charge is -2.35. The monoisotopic (exact) mass is 538 g/mol. The lowest BCUT2D eigenvalue weighted by atomic mass is 9.95. The van der Waals surface area contributed by atoms with Crippen LogP contribution in [0.2, 0.25) is 0 Å². The van der Waals surface area contributed by atoms with Gasteiger partial charge in [-0.2, -0.15) is 0 Å².